The Balaban J connectivity index is 1.47. The summed E-state index contributed by atoms with van der Waals surface area (Å²) < 4.78 is 5.82. The van der Waals surface area contributed by atoms with Gasteiger partial charge in [-0.3, -0.25) is 4.79 Å². The minimum Gasteiger partial charge on any atom is -0.431 e. The number of anilines is 1. The van der Waals surface area contributed by atoms with E-state index in [0.29, 0.717) is 26.5 Å². The molecule has 1 aliphatic rings. The minimum absolute atomic E-state index is 0.0144. The zero-order valence-corrected chi connectivity index (χ0v) is 17.8. The Kier molecular flexibility index (Phi) is 5.72. The Labute approximate surface area is 181 Å². The molecule has 1 aliphatic heterocycles. The summed E-state index contributed by atoms with van der Waals surface area (Å²) >= 11 is 13.7. The lowest BCUT2D eigenvalue weighted by molar-refractivity contribution is -0.123. The zero-order chi connectivity index (χ0) is 20.5. The number of halogens is 2. The van der Waals surface area contributed by atoms with Crippen molar-refractivity contribution >= 4 is 63.9 Å². The van der Waals surface area contributed by atoms with Gasteiger partial charge in [0.15, 0.2) is 5.58 Å². The van der Waals surface area contributed by atoms with E-state index in [0.717, 1.165) is 28.8 Å². The number of nitrogens with two attached hydrogens (primary N) is 1. The summed E-state index contributed by atoms with van der Waals surface area (Å²) in [6.07, 6.45) is 2.49. The van der Waals surface area contributed by atoms with Crippen LogP contribution in [0.5, 0.6) is 0 Å². The van der Waals surface area contributed by atoms with E-state index >= 15 is 0 Å². The first-order chi connectivity index (χ1) is 13.9. The average Bonchev–Trinajstić information content (AvgIpc) is 3.08. The summed E-state index contributed by atoms with van der Waals surface area (Å²) in [5.74, 6) is 0.359. The first-order valence-electron chi connectivity index (χ1n) is 9.02. The molecule has 0 fully saturated rings. The molecule has 2 atom stereocenters. The van der Waals surface area contributed by atoms with Crippen LogP contribution in [0, 0.1) is 5.92 Å². The smallest absolute Gasteiger partial charge is 0.256 e. The zero-order valence-electron chi connectivity index (χ0n) is 15.5. The van der Waals surface area contributed by atoms with Crippen molar-refractivity contribution in [3.63, 3.8) is 0 Å². The van der Waals surface area contributed by atoms with Gasteiger partial charge in [0.05, 0.1) is 21.7 Å². The maximum atomic E-state index is 12.2. The Morgan fingerprint density at radius 3 is 2.72 bits per heavy atom. The number of hydrogen-bond donors (Lipinski definition) is 2. The van der Waals surface area contributed by atoms with Crippen molar-refractivity contribution in [2.24, 2.45) is 11.0 Å². The number of nitrogens with one attached hydrogen (secondary N) is 1. The quantitative estimate of drug-likeness (QED) is 0.428. The van der Waals surface area contributed by atoms with E-state index in [4.69, 9.17) is 33.4 Å². The van der Waals surface area contributed by atoms with Crippen LogP contribution in [0.3, 0.4) is 0 Å². The molecule has 0 radical (unpaired) electrons. The number of hydrazone groups is 1. The monoisotopic (exact) mass is 448 g/mol. The third-order valence-electron chi connectivity index (χ3n) is 4.80. The third kappa shape index (κ3) is 4.22. The van der Waals surface area contributed by atoms with Crippen LogP contribution in [-0.4, -0.2) is 22.9 Å². The molecule has 3 aromatic rings. The van der Waals surface area contributed by atoms with Crippen LogP contribution in [0.1, 0.15) is 24.0 Å². The molecule has 3 N–H and O–H groups in total. The number of carbonyl (C=O) groups is 1. The molecule has 2 heterocycles. The lowest BCUT2D eigenvalue weighted by Crippen LogP contribution is -2.34. The summed E-state index contributed by atoms with van der Waals surface area (Å²) in [4.78, 5) is 16.7. The summed E-state index contributed by atoms with van der Waals surface area (Å²) in [6.45, 7) is 1.97. The Hall–Kier alpha value is -2.22. The van der Waals surface area contributed by atoms with Crippen molar-refractivity contribution in [3.05, 3.63) is 51.5 Å². The molecule has 29 heavy (non-hydrogen) atoms. The molecule has 2 unspecified atom stereocenters. The standard InChI is InChI=1S/C20H18Cl2N4O2S/c1-10-9-24-26-19(27)17(10)12-2-3-16-15(8-12)25-20(28-16)29-5-4-11-6-13(21)18(23)14(22)7-11/h2-3,6-10,17H,4-5,23H2,1H3,(H,26,27). The number of benzene rings is 2. The summed E-state index contributed by atoms with van der Waals surface area (Å²) in [6, 6.07) is 9.30. The number of carbonyl (C=O) groups excluding carboxylic acids is 1. The summed E-state index contributed by atoms with van der Waals surface area (Å²) in [7, 11) is 0. The number of hydrogen-bond acceptors (Lipinski definition) is 6. The molecule has 0 saturated heterocycles. The van der Waals surface area contributed by atoms with Gasteiger partial charge in [0.2, 0.25) is 5.91 Å². The molecule has 2 aromatic carbocycles. The van der Waals surface area contributed by atoms with Crippen LogP contribution in [-0.2, 0) is 11.2 Å². The average molecular weight is 449 g/mol. The first kappa shape index (κ1) is 20.1. The van der Waals surface area contributed by atoms with Gasteiger partial charge in [-0.05, 0) is 41.8 Å². The van der Waals surface area contributed by atoms with Crippen molar-refractivity contribution in [2.75, 3.05) is 11.5 Å². The summed E-state index contributed by atoms with van der Waals surface area (Å²) in [5, 5.41) is 5.36. The molecule has 1 aromatic heterocycles. The van der Waals surface area contributed by atoms with Gasteiger partial charge in [-0.1, -0.05) is 48.0 Å². The van der Waals surface area contributed by atoms with E-state index in [-0.39, 0.29) is 17.7 Å². The minimum atomic E-state index is -0.287. The van der Waals surface area contributed by atoms with Crippen LogP contribution in [0.2, 0.25) is 10.0 Å². The first-order valence-corrected chi connectivity index (χ1v) is 10.8. The topological polar surface area (TPSA) is 93.5 Å². The van der Waals surface area contributed by atoms with Gasteiger partial charge in [0.25, 0.3) is 5.22 Å². The highest BCUT2D eigenvalue weighted by Gasteiger charge is 2.29. The highest BCUT2D eigenvalue weighted by atomic mass is 35.5. The number of amides is 1. The second-order valence-corrected chi connectivity index (χ2v) is 8.73. The normalized spacial score (nSPS) is 18.9. The highest BCUT2D eigenvalue weighted by Crippen LogP contribution is 2.32. The number of thioether (sulfide) groups is 1. The van der Waals surface area contributed by atoms with Crippen molar-refractivity contribution in [3.8, 4) is 0 Å². The van der Waals surface area contributed by atoms with Crippen LogP contribution in [0.15, 0.2) is 45.1 Å². The Morgan fingerprint density at radius 1 is 1.24 bits per heavy atom. The largest absolute Gasteiger partial charge is 0.431 e. The number of oxazole rings is 1. The van der Waals surface area contributed by atoms with E-state index < -0.39 is 0 Å². The number of nitrogens with zero attached hydrogens (tertiary/aromatic N) is 2. The fraction of sp³-hybridized carbons (Fsp3) is 0.250. The molecule has 0 bridgehead atoms. The predicted molar refractivity (Wildman–Crippen MR) is 118 cm³/mol. The number of nitrogen functional groups attached to an aromatic ring is 1. The molecule has 0 aliphatic carbocycles. The molecule has 4 rings (SSSR count). The number of aryl methyl sites for hydroxylation is 1. The molecule has 9 heteroatoms. The molecule has 150 valence electrons. The third-order valence-corrected chi connectivity index (χ3v) is 6.25. The van der Waals surface area contributed by atoms with Crippen molar-refractivity contribution < 1.29 is 9.21 Å². The van der Waals surface area contributed by atoms with Gasteiger partial charge in [-0.15, -0.1) is 0 Å². The number of fused-ring (bicyclic) bond motifs is 1. The van der Waals surface area contributed by atoms with Crippen molar-refractivity contribution in [1.82, 2.24) is 10.4 Å². The summed E-state index contributed by atoms with van der Waals surface area (Å²) in [5.41, 5.74) is 12.0. The van der Waals surface area contributed by atoms with E-state index in [1.165, 1.54) is 11.8 Å². The second-order valence-electron chi connectivity index (χ2n) is 6.87. The predicted octanol–water partition coefficient (Wildman–Crippen LogP) is 4.89. The van der Waals surface area contributed by atoms with Crippen LogP contribution in [0.25, 0.3) is 11.1 Å². The van der Waals surface area contributed by atoms with E-state index in [2.05, 4.69) is 15.5 Å². The SMILES string of the molecule is CC1C=NNC(=O)C1c1ccc2oc(SCCc3cc(Cl)c(N)c(Cl)c3)nc2c1. The van der Waals surface area contributed by atoms with E-state index in [1.54, 1.807) is 6.21 Å². The maximum Gasteiger partial charge on any atom is 0.256 e. The van der Waals surface area contributed by atoms with E-state index in [1.807, 2.05) is 37.3 Å². The van der Waals surface area contributed by atoms with Gasteiger partial charge < -0.3 is 10.2 Å². The van der Waals surface area contributed by atoms with Crippen molar-refractivity contribution in [1.29, 1.82) is 0 Å². The van der Waals surface area contributed by atoms with Crippen LogP contribution < -0.4 is 11.2 Å². The lowest BCUT2D eigenvalue weighted by atomic mass is 9.86. The maximum absolute atomic E-state index is 12.2. The molecule has 0 spiro atoms. The Bertz CT molecular complexity index is 1090. The molecular formula is C20H18Cl2N4O2S. The van der Waals surface area contributed by atoms with Crippen LogP contribution in [0.4, 0.5) is 5.69 Å². The van der Waals surface area contributed by atoms with Gasteiger partial charge in [0.1, 0.15) is 5.52 Å². The molecular weight excluding hydrogens is 431 g/mol. The molecule has 0 saturated carbocycles. The lowest BCUT2D eigenvalue weighted by Gasteiger charge is -2.22. The second kappa shape index (κ2) is 8.26. The fourth-order valence-corrected chi connectivity index (χ4v) is 4.64. The van der Waals surface area contributed by atoms with Crippen LogP contribution >= 0.6 is 35.0 Å². The fourth-order valence-electron chi connectivity index (χ4n) is 3.28. The van der Waals surface area contributed by atoms with E-state index in [9.17, 15) is 4.79 Å². The number of rotatable bonds is 5. The van der Waals surface area contributed by atoms with Gasteiger partial charge in [-0.2, -0.15) is 5.10 Å². The van der Waals surface area contributed by atoms with Gasteiger partial charge >= 0.3 is 0 Å². The molecule has 1 amide bonds. The number of aromatic nitrogens is 1. The van der Waals surface area contributed by atoms with Gasteiger partial charge in [0, 0.05) is 17.9 Å². The van der Waals surface area contributed by atoms with Gasteiger partial charge in [-0.25, -0.2) is 10.4 Å². The van der Waals surface area contributed by atoms with Crippen molar-refractivity contribution in [2.45, 2.75) is 24.5 Å². The molecule has 6 nitrogen and oxygen atoms in total. The Morgan fingerprint density at radius 2 is 2.00 bits per heavy atom. The highest BCUT2D eigenvalue weighted by molar-refractivity contribution is 7.99.